The van der Waals surface area contributed by atoms with Gasteiger partial charge in [-0.3, -0.25) is 9.52 Å². The average molecular weight is 666 g/mol. The van der Waals surface area contributed by atoms with Gasteiger partial charge in [0, 0.05) is 57.4 Å². The van der Waals surface area contributed by atoms with Crippen molar-refractivity contribution >= 4 is 49.9 Å². The Bertz CT molecular complexity index is 1860. The van der Waals surface area contributed by atoms with Crippen LogP contribution in [0, 0.1) is 5.82 Å². The van der Waals surface area contributed by atoms with E-state index in [4.69, 9.17) is 4.74 Å². The summed E-state index contributed by atoms with van der Waals surface area (Å²) in [5, 5.41) is 1.96. The highest BCUT2D eigenvalue weighted by molar-refractivity contribution is 7.93. The summed E-state index contributed by atoms with van der Waals surface area (Å²) in [4.78, 5) is 36.2. The van der Waals surface area contributed by atoms with E-state index in [0.29, 0.717) is 51.1 Å². The second-order valence-electron chi connectivity index (χ2n) is 11.8. The van der Waals surface area contributed by atoms with Crippen molar-refractivity contribution < 1.29 is 30.0 Å². The number of carbonyl (C=O) groups is 2. The number of rotatable bonds is 7. The van der Waals surface area contributed by atoms with E-state index >= 15 is 0 Å². The van der Waals surface area contributed by atoms with E-state index in [1.54, 1.807) is 39.4 Å². The molecule has 3 aliphatic rings. The number of carbonyl (C=O) groups excluding carboxylic acids is 2. The van der Waals surface area contributed by atoms with Gasteiger partial charge in [-0.1, -0.05) is 30.3 Å². The summed E-state index contributed by atoms with van der Waals surface area (Å²) in [5.74, 6) is -0.422. The van der Waals surface area contributed by atoms with Gasteiger partial charge in [0.2, 0.25) is 5.91 Å². The van der Waals surface area contributed by atoms with E-state index in [-0.39, 0.29) is 37.3 Å². The van der Waals surface area contributed by atoms with Crippen molar-refractivity contribution in [2.75, 3.05) is 40.7 Å². The highest BCUT2D eigenvalue weighted by Crippen LogP contribution is 2.49. The summed E-state index contributed by atoms with van der Waals surface area (Å²) in [6.45, 7) is 2.14. The van der Waals surface area contributed by atoms with Crippen LogP contribution in [-0.4, -0.2) is 62.5 Å². The molecule has 0 bridgehead atoms. The number of sulfonamides is 1. The predicted octanol–water partition coefficient (Wildman–Crippen LogP) is 5.87. The van der Waals surface area contributed by atoms with Crippen LogP contribution in [0.1, 0.15) is 33.2 Å². The van der Waals surface area contributed by atoms with E-state index in [1.165, 1.54) is 35.7 Å². The fraction of sp³-hybridized carbons (Fsp3) is 0.303. The third kappa shape index (κ3) is 5.69. The zero-order valence-electron chi connectivity index (χ0n) is 24.8. The van der Waals surface area contributed by atoms with Crippen LogP contribution in [0.25, 0.3) is 0 Å². The molecular formula is C33H36FN5O5S2. The molecule has 2 fully saturated rings. The molecule has 1 aromatic heterocycles. The summed E-state index contributed by atoms with van der Waals surface area (Å²) in [7, 11) is -3.82. The molecule has 7 rings (SSSR count). The fourth-order valence-corrected chi connectivity index (χ4v) is 8.57. The molecule has 46 heavy (non-hydrogen) atoms. The Morgan fingerprint density at radius 3 is 2.54 bits per heavy atom. The van der Waals surface area contributed by atoms with E-state index in [1.807, 2.05) is 30.3 Å². The van der Waals surface area contributed by atoms with Gasteiger partial charge in [0.05, 0.1) is 4.90 Å². The minimum absolute atomic E-state index is 0. The fourth-order valence-electron chi connectivity index (χ4n) is 6.78. The van der Waals surface area contributed by atoms with Crippen molar-refractivity contribution in [2.45, 2.75) is 42.2 Å². The number of halogens is 1. The quantitative estimate of drug-likeness (QED) is 0.263. The summed E-state index contributed by atoms with van der Waals surface area (Å²) < 4.78 is 48.2. The lowest BCUT2D eigenvalue weighted by Crippen LogP contribution is -2.49. The maximum Gasteiger partial charge on any atom is 0.410 e. The smallest absolute Gasteiger partial charge is 0.410 e. The molecule has 2 saturated heterocycles. The molecule has 3 aromatic carbocycles. The first-order valence-corrected chi connectivity index (χ1v) is 17.4. The Hall–Kier alpha value is -4.49. The number of amides is 2. The van der Waals surface area contributed by atoms with Gasteiger partial charge >= 0.3 is 6.09 Å². The van der Waals surface area contributed by atoms with Crippen molar-refractivity contribution in [1.82, 2.24) is 9.88 Å². The number of ether oxygens (including phenoxy) is 1. The Morgan fingerprint density at radius 1 is 1.07 bits per heavy atom. The van der Waals surface area contributed by atoms with Crippen LogP contribution >= 0.6 is 11.3 Å². The molecular weight excluding hydrogens is 630 g/mol. The maximum absolute atomic E-state index is 14.6. The van der Waals surface area contributed by atoms with Crippen molar-refractivity contribution in [2.24, 2.45) is 0 Å². The summed E-state index contributed by atoms with van der Waals surface area (Å²) in [6.07, 6.45) is 2.96. The highest BCUT2D eigenvalue weighted by Gasteiger charge is 2.50. The van der Waals surface area contributed by atoms with Gasteiger partial charge in [0.25, 0.3) is 10.0 Å². The van der Waals surface area contributed by atoms with Crippen molar-refractivity contribution in [3.05, 3.63) is 101 Å². The lowest BCUT2D eigenvalue weighted by Gasteiger charge is -2.40. The molecule has 1 N–H and O–H groups in total. The van der Waals surface area contributed by atoms with Gasteiger partial charge in [0.15, 0.2) is 5.13 Å². The molecule has 4 aromatic rings. The van der Waals surface area contributed by atoms with Crippen LogP contribution < -0.4 is 14.5 Å². The number of nitrogens with one attached hydrogen (secondary N) is 1. The lowest BCUT2D eigenvalue weighted by molar-refractivity contribution is -0.118. The summed E-state index contributed by atoms with van der Waals surface area (Å²) >= 11 is 1.18. The van der Waals surface area contributed by atoms with Gasteiger partial charge in [0.1, 0.15) is 18.5 Å². The highest BCUT2D eigenvalue weighted by atomic mass is 32.2. The number of hydrogen-bond acceptors (Lipinski definition) is 8. The monoisotopic (exact) mass is 665 g/mol. The number of piperidine rings is 1. The van der Waals surface area contributed by atoms with E-state index < -0.39 is 21.5 Å². The zero-order chi connectivity index (χ0) is 31.9. The Labute approximate surface area is 273 Å². The Morgan fingerprint density at radius 2 is 1.83 bits per heavy atom. The molecule has 2 amide bonds. The van der Waals surface area contributed by atoms with Gasteiger partial charge in [-0.15, -0.1) is 11.3 Å². The van der Waals surface area contributed by atoms with Crippen molar-refractivity contribution in [3.8, 4) is 0 Å². The number of benzene rings is 3. The first kappa shape index (κ1) is 30.2. The van der Waals surface area contributed by atoms with Crippen LogP contribution in [0.5, 0.6) is 0 Å². The number of anilines is 3. The zero-order valence-corrected chi connectivity index (χ0v) is 26.5. The van der Waals surface area contributed by atoms with E-state index in [0.717, 1.165) is 16.8 Å². The molecule has 0 saturated carbocycles. The van der Waals surface area contributed by atoms with Crippen LogP contribution in [-0.2, 0) is 31.6 Å². The number of aromatic nitrogens is 1. The number of nitrogens with zero attached hydrogens (tertiary/aromatic N) is 4. The molecule has 13 heteroatoms. The maximum atomic E-state index is 14.6. The number of fused-ring (bicyclic) bond motifs is 2. The third-order valence-electron chi connectivity index (χ3n) is 9.16. The Balaban J connectivity index is 0.00000225. The average Bonchev–Trinajstić information content (AvgIpc) is 3.79. The second-order valence-corrected chi connectivity index (χ2v) is 14.4. The minimum atomic E-state index is -3.82. The van der Waals surface area contributed by atoms with Crippen molar-refractivity contribution in [1.29, 1.82) is 0 Å². The van der Waals surface area contributed by atoms with E-state index in [9.17, 15) is 22.4 Å². The van der Waals surface area contributed by atoms with Gasteiger partial charge < -0.3 is 19.4 Å². The largest absolute Gasteiger partial charge is 0.445 e. The van der Waals surface area contributed by atoms with E-state index in [2.05, 4.69) is 14.6 Å². The van der Waals surface area contributed by atoms with Crippen molar-refractivity contribution in [3.63, 3.8) is 0 Å². The first-order chi connectivity index (χ1) is 22.2. The molecule has 0 radical (unpaired) electrons. The SMILES string of the molecule is O=C(OCc1ccccc1)N1CCC2(CC1)CN([C@H]1CCN(c3ccc(S(=O)(=O)Nc4nccs4)cc3)C1=O)c1ccc(F)cc12.[HH].[HH]. The summed E-state index contributed by atoms with van der Waals surface area (Å²) in [6, 6.07) is 20.1. The van der Waals surface area contributed by atoms with Gasteiger partial charge in [-0.05, 0) is 72.9 Å². The second kappa shape index (κ2) is 12.0. The van der Waals surface area contributed by atoms with Crippen LogP contribution in [0.3, 0.4) is 0 Å². The molecule has 10 nitrogen and oxygen atoms in total. The first-order valence-electron chi connectivity index (χ1n) is 15.1. The third-order valence-corrected chi connectivity index (χ3v) is 11.3. The minimum Gasteiger partial charge on any atom is -0.445 e. The lowest BCUT2D eigenvalue weighted by atomic mass is 9.74. The number of thiazole rings is 1. The summed E-state index contributed by atoms with van der Waals surface area (Å²) in [5.41, 5.74) is 2.84. The molecule has 1 atom stereocenters. The van der Waals surface area contributed by atoms with Crippen LogP contribution in [0.4, 0.5) is 25.7 Å². The molecule has 3 aliphatic heterocycles. The predicted molar refractivity (Wildman–Crippen MR) is 177 cm³/mol. The molecule has 0 unspecified atom stereocenters. The normalized spacial score (nSPS) is 19.0. The van der Waals surface area contributed by atoms with Gasteiger partial charge in [-0.25, -0.2) is 22.6 Å². The van der Waals surface area contributed by atoms with Crippen LogP contribution in [0.2, 0.25) is 0 Å². The Kier molecular flexibility index (Phi) is 7.89. The number of likely N-dealkylation sites (tertiary alicyclic amines) is 1. The van der Waals surface area contributed by atoms with Gasteiger partial charge in [-0.2, -0.15) is 0 Å². The molecule has 0 aliphatic carbocycles. The molecule has 1 spiro atoms. The number of hydrogen-bond donors (Lipinski definition) is 1. The molecule has 4 heterocycles. The standard InChI is InChI=1S/C33H32FN5O5S2.2H2/c34-24-6-11-28-27(20-24)33(13-17-37(18-14-33)32(41)44-21-23-4-2-1-3-5-23)22-39(28)29-12-16-38(30(29)40)25-7-9-26(10-8-25)46(42,43)36-31-35-15-19-45-31;;/h1-11,15,19-20,29H,12-14,16-18,21-22H2,(H,35,36);2*1H/t29-;;/m0../s1. The van der Waals surface area contributed by atoms with Crippen LogP contribution in [0.15, 0.2) is 89.3 Å². The topological polar surface area (TPSA) is 112 Å². The molecule has 242 valence electrons.